The molecular weight excluding hydrogens is 242 g/mol. The van der Waals surface area contributed by atoms with Crippen LogP contribution in [0.4, 0.5) is 5.95 Å². The highest BCUT2D eigenvalue weighted by atomic mass is 35.5. The van der Waals surface area contributed by atoms with Crippen LogP contribution < -0.4 is 10.1 Å². The van der Waals surface area contributed by atoms with Gasteiger partial charge in [0, 0.05) is 25.3 Å². The summed E-state index contributed by atoms with van der Waals surface area (Å²) in [6.45, 7) is 3.20. The van der Waals surface area contributed by atoms with Gasteiger partial charge in [-0.05, 0) is 6.42 Å². The fourth-order valence-electron chi connectivity index (χ4n) is 1.21. The molecule has 0 spiro atoms. The maximum atomic E-state index is 5.79. The van der Waals surface area contributed by atoms with E-state index in [9.17, 15) is 0 Å². The van der Waals surface area contributed by atoms with Crippen molar-refractivity contribution in [3.63, 3.8) is 0 Å². The Morgan fingerprint density at radius 2 is 2.35 bits per heavy atom. The topological polar surface area (TPSA) is 56.3 Å². The first kappa shape index (κ1) is 14.0. The van der Waals surface area contributed by atoms with Crippen molar-refractivity contribution in [2.24, 2.45) is 0 Å². The van der Waals surface area contributed by atoms with E-state index in [1.165, 1.54) is 0 Å². The van der Waals surface area contributed by atoms with Crippen molar-refractivity contribution in [1.29, 1.82) is 0 Å². The van der Waals surface area contributed by atoms with E-state index in [-0.39, 0.29) is 6.04 Å². The minimum atomic E-state index is -0.0110. The zero-order valence-corrected chi connectivity index (χ0v) is 10.9. The molecule has 0 bridgehead atoms. The molecule has 1 atom stereocenters. The average Bonchev–Trinajstić information content (AvgIpc) is 2.36. The molecule has 0 aliphatic heterocycles. The number of hydrogen-bond acceptors (Lipinski definition) is 5. The number of alkyl halides is 1. The standard InChI is InChI=1S/C11H18ClN3O2/c1-3-6-17-10-4-5-13-11(15-10)14-9(7-12)8-16-2/h4-5,9H,3,6-8H2,1-2H3,(H,13,14,15). The second kappa shape index (κ2) is 8.08. The van der Waals surface area contributed by atoms with E-state index in [0.29, 0.717) is 30.9 Å². The third kappa shape index (κ3) is 5.19. The van der Waals surface area contributed by atoms with Crippen molar-refractivity contribution in [3.05, 3.63) is 12.3 Å². The van der Waals surface area contributed by atoms with Gasteiger partial charge in [-0.15, -0.1) is 11.6 Å². The van der Waals surface area contributed by atoms with Crippen LogP contribution in [0.2, 0.25) is 0 Å². The molecule has 0 aromatic carbocycles. The lowest BCUT2D eigenvalue weighted by molar-refractivity contribution is 0.191. The maximum Gasteiger partial charge on any atom is 0.226 e. The molecule has 1 rings (SSSR count). The SMILES string of the molecule is CCCOc1ccnc(NC(CCl)COC)n1. The Hall–Kier alpha value is -1.07. The second-order valence-corrected chi connectivity index (χ2v) is 3.83. The first-order valence-electron chi connectivity index (χ1n) is 5.57. The van der Waals surface area contributed by atoms with E-state index in [4.69, 9.17) is 21.1 Å². The summed E-state index contributed by atoms with van der Waals surface area (Å²) < 4.78 is 10.4. The molecule has 6 heteroatoms. The van der Waals surface area contributed by atoms with Crippen LogP contribution in [-0.4, -0.2) is 42.2 Å². The summed E-state index contributed by atoms with van der Waals surface area (Å²) >= 11 is 5.79. The van der Waals surface area contributed by atoms with Crippen LogP contribution in [-0.2, 0) is 4.74 Å². The largest absolute Gasteiger partial charge is 0.478 e. The predicted molar refractivity (Wildman–Crippen MR) is 67.8 cm³/mol. The van der Waals surface area contributed by atoms with Gasteiger partial charge in [0.2, 0.25) is 11.8 Å². The number of nitrogens with zero attached hydrogens (tertiary/aromatic N) is 2. The molecule has 0 aliphatic rings. The van der Waals surface area contributed by atoms with E-state index in [0.717, 1.165) is 6.42 Å². The third-order valence-corrected chi connectivity index (χ3v) is 2.34. The minimum Gasteiger partial charge on any atom is -0.478 e. The molecule has 0 saturated heterocycles. The normalized spacial score (nSPS) is 12.2. The van der Waals surface area contributed by atoms with Gasteiger partial charge in [-0.2, -0.15) is 4.98 Å². The monoisotopic (exact) mass is 259 g/mol. The highest BCUT2D eigenvalue weighted by Gasteiger charge is 2.08. The van der Waals surface area contributed by atoms with Crippen LogP contribution in [0.5, 0.6) is 5.88 Å². The molecule has 1 aromatic heterocycles. The molecule has 0 aliphatic carbocycles. The Balaban J connectivity index is 2.57. The molecule has 17 heavy (non-hydrogen) atoms. The molecule has 1 heterocycles. The first-order valence-corrected chi connectivity index (χ1v) is 6.10. The molecule has 0 saturated carbocycles. The third-order valence-electron chi connectivity index (χ3n) is 1.97. The zero-order chi connectivity index (χ0) is 12.5. The molecule has 0 fully saturated rings. The van der Waals surface area contributed by atoms with Gasteiger partial charge < -0.3 is 14.8 Å². The zero-order valence-electron chi connectivity index (χ0n) is 10.1. The Labute approximate surface area is 107 Å². The summed E-state index contributed by atoms with van der Waals surface area (Å²) in [4.78, 5) is 8.32. The minimum absolute atomic E-state index is 0.0110. The van der Waals surface area contributed by atoms with Crippen molar-refractivity contribution in [2.45, 2.75) is 19.4 Å². The highest BCUT2D eigenvalue weighted by molar-refractivity contribution is 6.18. The van der Waals surface area contributed by atoms with Crippen molar-refractivity contribution in [1.82, 2.24) is 9.97 Å². The number of aromatic nitrogens is 2. The summed E-state index contributed by atoms with van der Waals surface area (Å²) in [5, 5.41) is 3.09. The number of hydrogen-bond donors (Lipinski definition) is 1. The van der Waals surface area contributed by atoms with Gasteiger partial charge in [-0.3, -0.25) is 0 Å². The lowest BCUT2D eigenvalue weighted by atomic mass is 10.4. The van der Waals surface area contributed by atoms with Crippen molar-refractivity contribution < 1.29 is 9.47 Å². The van der Waals surface area contributed by atoms with E-state index >= 15 is 0 Å². The Morgan fingerprint density at radius 3 is 3.00 bits per heavy atom. The van der Waals surface area contributed by atoms with E-state index in [1.54, 1.807) is 19.4 Å². The smallest absolute Gasteiger partial charge is 0.226 e. The number of ether oxygens (including phenoxy) is 2. The van der Waals surface area contributed by atoms with Crippen LogP contribution in [0, 0.1) is 0 Å². The number of rotatable bonds is 8. The molecule has 1 N–H and O–H groups in total. The van der Waals surface area contributed by atoms with Crippen LogP contribution >= 0.6 is 11.6 Å². The van der Waals surface area contributed by atoms with Crippen molar-refractivity contribution in [2.75, 3.05) is 31.5 Å². The maximum absolute atomic E-state index is 5.79. The lowest BCUT2D eigenvalue weighted by Crippen LogP contribution is -2.27. The number of methoxy groups -OCH3 is 1. The molecule has 1 unspecified atom stereocenters. The summed E-state index contributed by atoms with van der Waals surface area (Å²) in [5.41, 5.74) is 0. The second-order valence-electron chi connectivity index (χ2n) is 3.52. The average molecular weight is 260 g/mol. The summed E-state index contributed by atoms with van der Waals surface area (Å²) in [7, 11) is 1.63. The van der Waals surface area contributed by atoms with Gasteiger partial charge in [0.05, 0.1) is 19.3 Å². The summed E-state index contributed by atoms with van der Waals surface area (Å²) in [6.07, 6.45) is 2.60. The fraction of sp³-hybridized carbons (Fsp3) is 0.636. The Morgan fingerprint density at radius 1 is 1.53 bits per heavy atom. The summed E-state index contributed by atoms with van der Waals surface area (Å²) in [5.74, 6) is 1.49. The van der Waals surface area contributed by atoms with Gasteiger partial charge in [0.1, 0.15) is 0 Å². The van der Waals surface area contributed by atoms with Gasteiger partial charge in [-0.25, -0.2) is 4.98 Å². The fourth-order valence-corrected chi connectivity index (χ4v) is 1.37. The Bertz CT molecular complexity index is 325. The first-order chi connectivity index (χ1) is 8.30. The highest BCUT2D eigenvalue weighted by Crippen LogP contribution is 2.10. The molecule has 0 amide bonds. The van der Waals surface area contributed by atoms with Crippen molar-refractivity contribution >= 4 is 17.5 Å². The van der Waals surface area contributed by atoms with Gasteiger partial charge >= 0.3 is 0 Å². The molecule has 0 radical (unpaired) electrons. The molecular formula is C11H18ClN3O2. The molecule has 96 valence electrons. The van der Waals surface area contributed by atoms with Crippen LogP contribution in [0.3, 0.4) is 0 Å². The van der Waals surface area contributed by atoms with E-state index in [1.807, 2.05) is 6.92 Å². The predicted octanol–water partition coefficient (Wildman–Crippen LogP) is 1.93. The number of halogens is 1. The Kier molecular flexibility index (Phi) is 6.65. The molecule has 1 aromatic rings. The van der Waals surface area contributed by atoms with Crippen LogP contribution in [0.15, 0.2) is 12.3 Å². The summed E-state index contributed by atoms with van der Waals surface area (Å²) in [6, 6.07) is 1.72. The van der Waals surface area contributed by atoms with Crippen LogP contribution in [0.25, 0.3) is 0 Å². The van der Waals surface area contributed by atoms with E-state index in [2.05, 4.69) is 15.3 Å². The number of nitrogens with one attached hydrogen (secondary N) is 1. The van der Waals surface area contributed by atoms with Crippen molar-refractivity contribution in [3.8, 4) is 5.88 Å². The van der Waals surface area contributed by atoms with E-state index < -0.39 is 0 Å². The number of anilines is 1. The van der Waals surface area contributed by atoms with Crippen LogP contribution in [0.1, 0.15) is 13.3 Å². The van der Waals surface area contributed by atoms with Gasteiger partial charge in [0.25, 0.3) is 0 Å². The lowest BCUT2D eigenvalue weighted by Gasteiger charge is -2.15. The van der Waals surface area contributed by atoms with Gasteiger partial charge in [0.15, 0.2) is 0 Å². The molecule has 5 nitrogen and oxygen atoms in total. The van der Waals surface area contributed by atoms with Gasteiger partial charge in [-0.1, -0.05) is 6.92 Å². The quantitative estimate of drug-likeness (QED) is 0.723.